The zero-order chi connectivity index (χ0) is 12.0. The predicted molar refractivity (Wildman–Crippen MR) is 60.6 cm³/mol. The molecule has 1 rings (SSSR count). The van der Waals surface area contributed by atoms with Gasteiger partial charge in [-0.2, -0.15) is 0 Å². The van der Waals surface area contributed by atoms with Crippen molar-refractivity contribution in [3.63, 3.8) is 0 Å². The molecule has 0 bridgehead atoms. The number of nitrogens with one attached hydrogen (secondary N) is 2. The number of aromatic nitrogens is 1. The molecule has 2 amide bonds. The van der Waals surface area contributed by atoms with Gasteiger partial charge in [-0.25, -0.2) is 4.98 Å². The number of hydrogen-bond acceptors (Lipinski definition) is 5. The lowest BCUT2D eigenvalue weighted by Crippen LogP contribution is -2.26. The van der Waals surface area contributed by atoms with Gasteiger partial charge in [-0.1, -0.05) is 11.3 Å². The minimum Gasteiger partial charge on any atom is -0.383 e. The molecule has 0 saturated carbocycles. The van der Waals surface area contributed by atoms with Gasteiger partial charge in [-0.15, -0.1) is 0 Å². The number of ether oxygens (including phenoxy) is 1. The van der Waals surface area contributed by atoms with E-state index in [2.05, 4.69) is 15.6 Å². The quantitative estimate of drug-likeness (QED) is 0.737. The monoisotopic (exact) mass is 243 g/mol. The van der Waals surface area contributed by atoms with Crippen LogP contribution in [0.4, 0.5) is 5.13 Å². The van der Waals surface area contributed by atoms with Crippen LogP contribution in [0.2, 0.25) is 0 Å². The zero-order valence-corrected chi connectivity index (χ0v) is 9.89. The van der Waals surface area contributed by atoms with Crippen LogP contribution in [0, 0.1) is 0 Å². The van der Waals surface area contributed by atoms with Crippen LogP contribution in [0.15, 0.2) is 6.20 Å². The van der Waals surface area contributed by atoms with Crippen molar-refractivity contribution >= 4 is 28.3 Å². The van der Waals surface area contributed by atoms with Crippen molar-refractivity contribution in [2.75, 3.05) is 25.6 Å². The molecule has 6 nitrogen and oxygen atoms in total. The molecule has 7 heteroatoms. The first kappa shape index (κ1) is 12.6. The van der Waals surface area contributed by atoms with Gasteiger partial charge in [0.2, 0.25) is 5.91 Å². The Hall–Kier alpha value is -1.47. The van der Waals surface area contributed by atoms with E-state index < -0.39 is 0 Å². The zero-order valence-electron chi connectivity index (χ0n) is 9.07. The van der Waals surface area contributed by atoms with E-state index in [1.807, 2.05) is 0 Å². The average Bonchev–Trinajstić information content (AvgIpc) is 2.65. The molecular weight excluding hydrogens is 230 g/mol. The van der Waals surface area contributed by atoms with Gasteiger partial charge in [-0.05, 0) is 0 Å². The second-order valence-electron chi connectivity index (χ2n) is 2.96. The largest absolute Gasteiger partial charge is 0.383 e. The van der Waals surface area contributed by atoms with E-state index in [1.54, 1.807) is 7.11 Å². The summed E-state index contributed by atoms with van der Waals surface area (Å²) in [6, 6.07) is 0. The molecule has 0 saturated heterocycles. The molecule has 0 spiro atoms. The summed E-state index contributed by atoms with van der Waals surface area (Å²) in [5.74, 6) is -0.424. The number of methoxy groups -OCH3 is 1. The third kappa shape index (κ3) is 3.95. The Morgan fingerprint density at radius 2 is 2.31 bits per heavy atom. The molecule has 0 aromatic carbocycles. The molecule has 1 aromatic heterocycles. The summed E-state index contributed by atoms with van der Waals surface area (Å²) in [6.07, 6.45) is 1.43. The highest BCUT2D eigenvalue weighted by atomic mass is 32.1. The maximum absolute atomic E-state index is 11.5. The van der Waals surface area contributed by atoms with Crippen LogP contribution in [0.5, 0.6) is 0 Å². The molecular formula is C9H13N3O3S. The van der Waals surface area contributed by atoms with E-state index in [1.165, 1.54) is 13.1 Å². The number of rotatable bonds is 5. The number of carbonyl (C=O) groups excluding carboxylic acids is 2. The van der Waals surface area contributed by atoms with Crippen LogP contribution in [0.3, 0.4) is 0 Å². The maximum atomic E-state index is 11.5. The number of amides is 2. The first-order chi connectivity index (χ1) is 7.63. The molecule has 0 unspecified atom stereocenters. The molecule has 1 aromatic rings. The molecule has 0 aliphatic carbocycles. The van der Waals surface area contributed by atoms with Crippen LogP contribution in [-0.2, 0) is 9.53 Å². The molecule has 0 radical (unpaired) electrons. The van der Waals surface area contributed by atoms with Crippen molar-refractivity contribution in [2.24, 2.45) is 0 Å². The highest BCUT2D eigenvalue weighted by molar-refractivity contribution is 7.17. The Morgan fingerprint density at radius 3 is 2.94 bits per heavy atom. The fourth-order valence-corrected chi connectivity index (χ4v) is 1.72. The van der Waals surface area contributed by atoms with E-state index in [4.69, 9.17) is 4.74 Å². The van der Waals surface area contributed by atoms with E-state index in [0.29, 0.717) is 23.2 Å². The number of carbonyl (C=O) groups is 2. The summed E-state index contributed by atoms with van der Waals surface area (Å²) in [5.41, 5.74) is 0. The van der Waals surface area contributed by atoms with Crippen molar-refractivity contribution in [2.45, 2.75) is 6.92 Å². The van der Waals surface area contributed by atoms with Crippen LogP contribution >= 0.6 is 11.3 Å². The Morgan fingerprint density at radius 1 is 1.56 bits per heavy atom. The molecule has 1 heterocycles. The summed E-state index contributed by atoms with van der Waals surface area (Å²) in [5, 5.41) is 5.59. The normalized spacial score (nSPS) is 9.88. The van der Waals surface area contributed by atoms with Crippen molar-refractivity contribution in [1.82, 2.24) is 10.3 Å². The minimum absolute atomic E-state index is 0.208. The molecule has 0 aliphatic heterocycles. The number of nitrogens with zero attached hydrogens (tertiary/aromatic N) is 1. The Balaban J connectivity index is 2.49. The van der Waals surface area contributed by atoms with Gasteiger partial charge in [0.05, 0.1) is 12.8 Å². The van der Waals surface area contributed by atoms with Gasteiger partial charge in [-0.3, -0.25) is 9.59 Å². The van der Waals surface area contributed by atoms with Crippen molar-refractivity contribution in [1.29, 1.82) is 0 Å². The first-order valence-corrected chi connectivity index (χ1v) is 5.45. The van der Waals surface area contributed by atoms with E-state index in [0.717, 1.165) is 11.3 Å². The third-order valence-electron chi connectivity index (χ3n) is 1.60. The highest BCUT2D eigenvalue weighted by Gasteiger charge is 2.10. The van der Waals surface area contributed by atoms with E-state index >= 15 is 0 Å². The maximum Gasteiger partial charge on any atom is 0.263 e. The number of thiazole rings is 1. The second-order valence-corrected chi connectivity index (χ2v) is 3.99. The van der Waals surface area contributed by atoms with Crippen molar-refractivity contribution in [3.05, 3.63) is 11.1 Å². The summed E-state index contributed by atoms with van der Waals surface area (Å²) < 4.78 is 4.80. The van der Waals surface area contributed by atoms with Gasteiger partial charge in [0, 0.05) is 20.6 Å². The standard InChI is InChI=1S/C9H13N3O3S/c1-6(13)12-9-11-5-7(16-9)8(14)10-3-4-15-2/h5H,3-4H2,1-2H3,(H,10,14)(H,11,12,13). The molecule has 0 aliphatic rings. The summed E-state index contributed by atoms with van der Waals surface area (Å²) in [7, 11) is 1.56. The fraction of sp³-hybridized carbons (Fsp3) is 0.444. The molecule has 0 atom stereocenters. The molecule has 16 heavy (non-hydrogen) atoms. The first-order valence-electron chi connectivity index (χ1n) is 4.64. The third-order valence-corrected chi connectivity index (χ3v) is 2.52. The lowest BCUT2D eigenvalue weighted by atomic mass is 10.5. The summed E-state index contributed by atoms with van der Waals surface area (Å²) in [4.78, 5) is 26.6. The van der Waals surface area contributed by atoms with Gasteiger partial charge in [0.15, 0.2) is 5.13 Å². The smallest absolute Gasteiger partial charge is 0.263 e. The number of anilines is 1. The topological polar surface area (TPSA) is 80.3 Å². The lowest BCUT2D eigenvalue weighted by Gasteiger charge is -2.00. The van der Waals surface area contributed by atoms with Gasteiger partial charge in [0.25, 0.3) is 5.91 Å². The number of hydrogen-bond donors (Lipinski definition) is 2. The Labute approximate surface area is 97.0 Å². The van der Waals surface area contributed by atoms with Crippen molar-refractivity contribution in [3.8, 4) is 0 Å². The van der Waals surface area contributed by atoms with Crippen LogP contribution < -0.4 is 10.6 Å². The lowest BCUT2D eigenvalue weighted by molar-refractivity contribution is -0.114. The van der Waals surface area contributed by atoms with Crippen LogP contribution in [0.25, 0.3) is 0 Å². The minimum atomic E-state index is -0.217. The van der Waals surface area contributed by atoms with Crippen LogP contribution in [0.1, 0.15) is 16.6 Å². The summed E-state index contributed by atoms with van der Waals surface area (Å²) in [6.45, 7) is 2.30. The van der Waals surface area contributed by atoms with Crippen molar-refractivity contribution < 1.29 is 14.3 Å². The van der Waals surface area contributed by atoms with Gasteiger partial charge < -0.3 is 15.4 Å². The van der Waals surface area contributed by atoms with E-state index in [9.17, 15) is 9.59 Å². The van der Waals surface area contributed by atoms with E-state index in [-0.39, 0.29) is 11.8 Å². The molecule has 2 N–H and O–H groups in total. The fourth-order valence-electron chi connectivity index (χ4n) is 0.941. The van der Waals surface area contributed by atoms with Gasteiger partial charge in [0.1, 0.15) is 4.88 Å². The molecule has 88 valence electrons. The Bertz CT molecular complexity index is 378. The Kier molecular flexibility index (Phi) is 4.87. The summed E-state index contributed by atoms with van der Waals surface area (Å²) >= 11 is 1.13. The van der Waals surface area contributed by atoms with Gasteiger partial charge >= 0.3 is 0 Å². The second kappa shape index (κ2) is 6.19. The SMILES string of the molecule is COCCNC(=O)c1cnc(NC(C)=O)s1. The predicted octanol–water partition coefficient (Wildman–Crippen LogP) is 0.478. The molecule has 0 fully saturated rings. The highest BCUT2D eigenvalue weighted by Crippen LogP contribution is 2.17. The van der Waals surface area contributed by atoms with Crippen LogP contribution in [-0.4, -0.2) is 37.1 Å². The average molecular weight is 243 g/mol.